The highest BCUT2D eigenvalue weighted by Gasteiger charge is 2.55. The summed E-state index contributed by atoms with van der Waals surface area (Å²) >= 11 is 0. The molecule has 3 unspecified atom stereocenters. The fraction of sp³-hybridized carbons (Fsp3) is 0.224. The third-order valence-electron chi connectivity index (χ3n) is 12.4. The molecule has 0 aromatic heterocycles. The monoisotopic (exact) mass is 662 g/mol. The lowest BCUT2D eigenvalue weighted by molar-refractivity contribution is 0.529. The van der Waals surface area contributed by atoms with Gasteiger partial charge in [-0.25, -0.2) is 0 Å². The average Bonchev–Trinajstić information content (AvgIpc) is 3.26. The number of allylic oxidation sites excluding steroid dienone is 8. The maximum absolute atomic E-state index is 2.69. The van der Waals surface area contributed by atoms with E-state index in [2.05, 4.69) is 175 Å². The molecular weight excluding hydrogens is 617 g/mol. The molecule has 1 heterocycles. The molecule has 3 aliphatic carbocycles. The lowest BCUT2D eigenvalue weighted by Crippen LogP contribution is -2.40. The van der Waals surface area contributed by atoms with Gasteiger partial charge in [-0.15, -0.1) is 0 Å². The Kier molecular flexibility index (Phi) is 6.97. The molecule has 0 radical (unpaired) electrons. The predicted molar refractivity (Wildman–Crippen MR) is 216 cm³/mol. The van der Waals surface area contributed by atoms with E-state index in [1.165, 1.54) is 82.4 Å². The first-order chi connectivity index (χ1) is 24.0. The summed E-state index contributed by atoms with van der Waals surface area (Å²) in [4.78, 5) is 0. The second-order valence-corrected chi connectivity index (χ2v) is 21.0. The van der Waals surface area contributed by atoms with Crippen molar-refractivity contribution in [1.29, 1.82) is 0 Å². The summed E-state index contributed by atoms with van der Waals surface area (Å²) in [6, 6.07) is 37.3. The van der Waals surface area contributed by atoms with Gasteiger partial charge in [-0.2, -0.15) is 0 Å². The summed E-state index contributed by atoms with van der Waals surface area (Å²) in [5.74, 6) is 0.282. The second-order valence-electron chi connectivity index (χ2n) is 16.3. The third kappa shape index (κ3) is 4.63. The van der Waals surface area contributed by atoms with Gasteiger partial charge < -0.3 is 0 Å². The largest absolute Gasteiger partial charge is 0.0838 e. The van der Waals surface area contributed by atoms with Gasteiger partial charge in [0.2, 0.25) is 0 Å². The van der Waals surface area contributed by atoms with Crippen LogP contribution in [-0.4, -0.2) is 8.07 Å². The van der Waals surface area contributed by atoms with Crippen LogP contribution < -0.4 is 10.4 Å². The van der Waals surface area contributed by atoms with Crippen molar-refractivity contribution in [3.8, 4) is 11.1 Å². The first kappa shape index (κ1) is 31.3. The Labute approximate surface area is 298 Å². The van der Waals surface area contributed by atoms with E-state index in [0.717, 1.165) is 6.42 Å². The lowest BCUT2D eigenvalue weighted by atomic mass is 9.67. The van der Waals surface area contributed by atoms with Crippen molar-refractivity contribution in [1.82, 2.24) is 0 Å². The van der Waals surface area contributed by atoms with Gasteiger partial charge in [0.1, 0.15) is 0 Å². The van der Waals surface area contributed by atoms with Crippen molar-refractivity contribution in [2.24, 2.45) is 11.3 Å². The Morgan fingerprint density at radius 3 is 2.08 bits per heavy atom. The van der Waals surface area contributed by atoms with Crippen LogP contribution in [0.4, 0.5) is 0 Å². The number of rotatable bonds is 3. The molecule has 4 aliphatic rings. The minimum absolute atomic E-state index is 0.0456. The van der Waals surface area contributed by atoms with Crippen LogP contribution in [0.15, 0.2) is 144 Å². The van der Waals surface area contributed by atoms with Crippen molar-refractivity contribution in [3.05, 3.63) is 188 Å². The molecule has 0 N–H and O–H groups in total. The van der Waals surface area contributed by atoms with Gasteiger partial charge in [0.05, 0.1) is 8.07 Å². The average molecular weight is 663 g/mol. The quantitative estimate of drug-likeness (QED) is 0.169. The van der Waals surface area contributed by atoms with Crippen LogP contribution >= 0.6 is 0 Å². The minimum Gasteiger partial charge on any atom is -0.0826 e. The van der Waals surface area contributed by atoms with Gasteiger partial charge in [0.25, 0.3) is 0 Å². The first-order valence-corrected chi connectivity index (χ1v) is 21.5. The number of benzene rings is 5. The molecule has 1 heteroatoms. The van der Waals surface area contributed by atoms with E-state index in [1.54, 1.807) is 10.8 Å². The van der Waals surface area contributed by atoms with Crippen molar-refractivity contribution < 1.29 is 0 Å². The highest BCUT2D eigenvalue weighted by Crippen LogP contribution is 2.63. The number of hydrogen-bond donors (Lipinski definition) is 0. The normalized spacial score (nSPS) is 23.1. The van der Waals surface area contributed by atoms with Crippen LogP contribution in [0, 0.1) is 39.0 Å². The molecule has 0 saturated carbocycles. The van der Waals surface area contributed by atoms with Crippen molar-refractivity contribution >= 4 is 30.0 Å². The molecule has 50 heavy (non-hydrogen) atoms. The molecule has 0 bridgehead atoms. The number of hydrogen-bond acceptors (Lipinski definition) is 0. The van der Waals surface area contributed by atoms with Crippen LogP contribution in [0.2, 0.25) is 18.6 Å². The van der Waals surface area contributed by atoms with Gasteiger partial charge >= 0.3 is 0 Å². The molecule has 9 rings (SSSR count). The van der Waals surface area contributed by atoms with Crippen molar-refractivity contribution in [2.45, 2.75) is 59.7 Å². The van der Waals surface area contributed by atoms with E-state index in [4.69, 9.17) is 0 Å². The zero-order chi connectivity index (χ0) is 34.5. The highest BCUT2D eigenvalue weighted by molar-refractivity contribution is 6.87. The first-order valence-electron chi connectivity index (χ1n) is 18.4. The Bertz CT molecular complexity index is 2500. The molecule has 5 aromatic rings. The van der Waals surface area contributed by atoms with Gasteiger partial charge in [-0.3, -0.25) is 0 Å². The van der Waals surface area contributed by atoms with Crippen LogP contribution in [0.3, 0.4) is 0 Å². The van der Waals surface area contributed by atoms with Crippen molar-refractivity contribution in [2.75, 3.05) is 0 Å². The van der Waals surface area contributed by atoms with E-state index >= 15 is 0 Å². The van der Waals surface area contributed by atoms with Gasteiger partial charge in [0, 0.05) is 11.3 Å². The molecule has 0 spiro atoms. The van der Waals surface area contributed by atoms with Gasteiger partial charge in [-0.1, -0.05) is 169 Å². The van der Waals surface area contributed by atoms with Crippen LogP contribution in [0.25, 0.3) is 33.0 Å². The second kappa shape index (κ2) is 11.1. The highest BCUT2D eigenvalue weighted by atomic mass is 28.3. The number of fused-ring (bicyclic) bond motifs is 5. The fourth-order valence-electron chi connectivity index (χ4n) is 10.4. The smallest absolute Gasteiger partial charge is 0.0826 e. The fourth-order valence-corrected chi connectivity index (χ4v) is 14.9. The molecule has 0 saturated heterocycles. The van der Waals surface area contributed by atoms with Gasteiger partial charge in [-0.05, 0) is 111 Å². The summed E-state index contributed by atoms with van der Waals surface area (Å²) in [7, 11) is -1.80. The zero-order valence-corrected chi connectivity index (χ0v) is 31.5. The van der Waals surface area contributed by atoms with E-state index in [9.17, 15) is 0 Å². The SMILES string of the molecule is Cc1cc(C)cc(C2=c3ccc(-c4cccc5ccccc45)cc3=C(c3cc(C)cc(C)c3)C3CC4=C(C=C23)C2(C)C=CC=CC2[Si]4(C)C)c1. The van der Waals surface area contributed by atoms with Crippen LogP contribution in [0.1, 0.15) is 46.7 Å². The van der Waals surface area contributed by atoms with Gasteiger partial charge in [0.15, 0.2) is 0 Å². The molecule has 0 amide bonds. The Morgan fingerprint density at radius 1 is 0.660 bits per heavy atom. The summed E-state index contributed by atoms with van der Waals surface area (Å²) in [5, 5.41) is 7.11. The van der Waals surface area contributed by atoms with Crippen LogP contribution in [0.5, 0.6) is 0 Å². The van der Waals surface area contributed by atoms with E-state index in [0.29, 0.717) is 5.54 Å². The molecule has 1 aliphatic heterocycles. The summed E-state index contributed by atoms with van der Waals surface area (Å²) in [6.45, 7) is 16.8. The Balaban J connectivity index is 1.43. The predicted octanol–water partition coefficient (Wildman–Crippen LogP) is 11.2. The Morgan fingerprint density at radius 2 is 1.34 bits per heavy atom. The Hall–Kier alpha value is -4.72. The minimum atomic E-state index is -1.80. The molecule has 0 fully saturated rings. The molecule has 5 aromatic carbocycles. The van der Waals surface area contributed by atoms with Crippen LogP contribution in [-0.2, 0) is 0 Å². The van der Waals surface area contributed by atoms with E-state index < -0.39 is 8.07 Å². The van der Waals surface area contributed by atoms with E-state index in [-0.39, 0.29) is 11.3 Å². The maximum Gasteiger partial charge on any atom is 0.0838 e. The maximum atomic E-state index is 2.69. The summed E-state index contributed by atoms with van der Waals surface area (Å²) in [6.07, 6.45) is 13.5. The van der Waals surface area contributed by atoms with E-state index in [1.807, 2.05) is 0 Å². The number of aryl methyl sites for hydroxylation is 4. The molecule has 3 atom stereocenters. The zero-order valence-electron chi connectivity index (χ0n) is 30.5. The molecule has 0 nitrogen and oxygen atoms in total. The topological polar surface area (TPSA) is 0 Å². The molecule has 246 valence electrons. The lowest BCUT2D eigenvalue weighted by Gasteiger charge is -2.37. The van der Waals surface area contributed by atoms with Crippen molar-refractivity contribution in [3.63, 3.8) is 0 Å². The molecular formula is C49H46Si. The summed E-state index contributed by atoms with van der Waals surface area (Å²) < 4.78 is 0. The third-order valence-corrected chi connectivity index (χ3v) is 16.8. The standard InChI is InChI=1S/C49H46Si/c1-30-21-31(2)24-36(23-30)47-40-19-18-35(39-16-12-14-34-13-8-9-15-38(34)39)27-41(40)48(37-25-32(3)22-33(4)26-37)43-29-45-44(28-42(43)47)49(5)20-11-10-17-46(49)50(45,6)7/h8-28,43,46H,29H2,1-7H3. The summed E-state index contributed by atoms with van der Waals surface area (Å²) in [5.41, 5.74) is 17.2.